The molecule has 5 heteroatoms. The number of nitrogens with zero attached hydrogens (tertiary/aromatic N) is 1. The Bertz CT molecular complexity index is 275. The highest BCUT2D eigenvalue weighted by atomic mass is 16.6. The van der Waals surface area contributed by atoms with Gasteiger partial charge in [-0.1, -0.05) is 6.92 Å². The highest BCUT2D eigenvalue weighted by Gasteiger charge is 2.27. The number of aliphatic hydroxyl groups excluding tert-OH is 1. The van der Waals surface area contributed by atoms with Gasteiger partial charge in [-0.2, -0.15) is 0 Å². The number of hydrogen-bond donors (Lipinski definition) is 1. The third-order valence-electron chi connectivity index (χ3n) is 2.68. The molecule has 1 heterocycles. The van der Waals surface area contributed by atoms with Crippen LogP contribution in [0, 0.1) is 11.8 Å². The topological polar surface area (TPSA) is 59.0 Å². The monoisotopic (exact) mass is 259 g/mol. The summed E-state index contributed by atoms with van der Waals surface area (Å²) in [6.07, 6.45) is -0.310. The number of hydrogen-bond acceptors (Lipinski definition) is 4. The fourth-order valence-corrected chi connectivity index (χ4v) is 1.89. The second kappa shape index (κ2) is 6.38. The van der Waals surface area contributed by atoms with Gasteiger partial charge in [0.1, 0.15) is 5.60 Å². The fraction of sp³-hybridized carbons (Fsp3) is 0.923. The maximum atomic E-state index is 12.1. The molecule has 0 aliphatic carbocycles. The van der Waals surface area contributed by atoms with Crippen LogP contribution in [0.25, 0.3) is 0 Å². The van der Waals surface area contributed by atoms with E-state index in [0.717, 1.165) is 0 Å². The van der Waals surface area contributed by atoms with Crippen LogP contribution in [0.4, 0.5) is 4.79 Å². The molecule has 0 aromatic rings. The molecule has 0 saturated carbocycles. The van der Waals surface area contributed by atoms with Gasteiger partial charge in [-0.05, 0) is 26.7 Å². The summed E-state index contributed by atoms with van der Waals surface area (Å²) in [7, 11) is 0. The van der Waals surface area contributed by atoms with Crippen molar-refractivity contribution in [3.63, 3.8) is 0 Å². The highest BCUT2D eigenvalue weighted by Crippen LogP contribution is 2.15. The molecule has 0 radical (unpaired) electrons. The summed E-state index contributed by atoms with van der Waals surface area (Å²) in [4.78, 5) is 13.7. The van der Waals surface area contributed by atoms with E-state index < -0.39 is 5.60 Å². The third-order valence-corrected chi connectivity index (χ3v) is 2.68. The first-order valence-electron chi connectivity index (χ1n) is 6.48. The minimum atomic E-state index is -0.492. The van der Waals surface area contributed by atoms with Gasteiger partial charge in [0.2, 0.25) is 0 Å². The average Bonchev–Trinajstić information content (AvgIpc) is 2.20. The Balaban J connectivity index is 2.65. The van der Waals surface area contributed by atoms with Crippen LogP contribution >= 0.6 is 0 Å². The van der Waals surface area contributed by atoms with Gasteiger partial charge in [0.05, 0.1) is 13.2 Å². The molecule has 0 bridgehead atoms. The molecule has 0 aromatic heterocycles. The van der Waals surface area contributed by atoms with Gasteiger partial charge in [0.15, 0.2) is 0 Å². The normalized spacial score (nSPS) is 26.4. The molecule has 106 valence electrons. The van der Waals surface area contributed by atoms with Gasteiger partial charge < -0.3 is 19.5 Å². The van der Waals surface area contributed by atoms with Gasteiger partial charge in [-0.15, -0.1) is 0 Å². The van der Waals surface area contributed by atoms with Crippen LogP contribution in [0.1, 0.15) is 27.7 Å². The largest absolute Gasteiger partial charge is 0.444 e. The molecule has 2 atom stereocenters. The Morgan fingerprint density at radius 3 is 2.61 bits per heavy atom. The lowest BCUT2D eigenvalue weighted by Crippen LogP contribution is -2.45. The molecule has 1 aliphatic rings. The Labute approximate surface area is 109 Å². The SMILES string of the molecule is CC1COCC(CO)CN(C(=O)OC(C)(C)C)C1. The highest BCUT2D eigenvalue weighted by molar-refractivity contribution is 5.68. The first kappa shape index (κ1) is 15.2. The minimum Gasteiger partial charge on any atom is -0.444 e. The molecule has 1 fully saturated rings. The summed E-state index contributed by atoms with van der Waals surface area (Å²) in [6.45, 7) is 9.79. The van der Waals surface area contributed by atoms with Crippen molar-refractivity contribution in [1.29, 1.82) is 0 Å². The maximum absolute atomic E-state index is 12.1. The van der Waals surface area contributed by atoms with Crippen LogP contribution in [0.5, 0.6) is 0 Å². The van der Waals surface area contributed by atoms with Crippen molar-refractivity contribution >= 4 is 6.09 Å². The fourth-order valence-electron chi connectivity index (χ4n) is 1.89. The zero-order chi connectivity index (χ0) is 13.8. The summed E-state index contributed by atoms with van der Waals surface area (Å²) in [5.41, 5.74) is -0.492. The molecule has 1 N–H and O–H groups in total. The molecular formula is C13H25NO4. The summed E-state index contributed by atoms with van der Waals surface area (Å²) < 4.78 is 10.9. The second-order valence-corrected chi connectivity index (χ2v) is 6.08. The quantitative estimate of drug-likeness (QED) is 0.775. The molecule has 0 spiro atoms. The van der Waals surface area contributed by atoms with E-state index in [1.54, 1.807) is 4.90 Å². The van der Waals surface area contributed by atoms with Gasteiger partial charge in [-0.3, -0.25) is 0 Å². The first-order valence-corrected chi connectivity index (χ1v) is 6.48. The lowest BCUT2D eigenvalue weighted by molar-refractivity contribution is -0.0144. The van der Waals surface area contributed by atoms with E-state index in [9.17, 15) is 9.90 Å². The number of carbonyl (C=O) groups is 1. The molecule has 0 aromatic carbocycles. The van der Waals surface area contributed by atoms with Crippen molar-refractivity contribution in [1.82, 2.24) is 4.90 Å². The van der Waals surface area contributed by atoms with Gasteiger partial charge >= 0.3 is 6.09 Å². The summed E-state index contributed by atoms with van der Waals surface area (Å²) in [6, 6.07) is 0. The maximum Gasteiger partial charge on any atom is 0.410 e. The summed E-state index contributed by atoms with van der Waals surface area (Å²) in [5, 5.41) is 9.25. The number of carbonyl (C=O) groups excluding carboxylic acids is 1. The summed E-state index contributed by atoms with van der Waals surface area (Å²) in [5.74, 6) is 0.238. The average molecular weight is 259 g/mol. The third kappa shape index (κ3) is 5.23. The van der Waals surface area contributed by atoms with E-state index >= 15 is 0 Å². The van der Waals surface area contributed by atoms with E-state index in [1.807, 2.05) is 27.7 Å². The second-order valence-electron chi connectivity index (χ2n) is 6.08. The summed E-state index contributed by atoms with van der Waals surface area (Å²) >= 11 is 0. The lowest BCUT2D eigenvalue weighted by atomic mass is 10.1. The zero-order valence-electron chi connectivity index (χ0n) is 11.8. The molecule has 2 unspecified atom stereocenters. The Morgan fingerprint density at radius 2 is 2.06 bits per heavy atom. The van der Waals surface area contributed by atoms with Crippen molar-refractivity contribution in [2.75, 3.05) is 32.9 Å². The number of aliphatic hydroxyl groups is 1. The van der Waals surface area contributed by atoms with Crippen LogP contribution in [-0.2, 0) is 9.47 Å². The molecule has 5 nitrogen and oxygen atoms in total. The van der Waals surface area contributed by atoms with E-state index in [1.165, 1.54) is 0 Å². The number of amides is 1. The van der Waals surface area contributed by atoms with Crippen molar-refractivity contribution in [3.05, 3.63) is 0 Å². The lowest BCUT2D eigenvalue weighted by Gasteiger charge is -2.33. The zero-order valence-corrected chi connectivity index (χ0v) is 11.8. The van der Waals surface area contributed by atoms with Crippen molar-refractivity contribution < 1.29 is 19.4 Å². The van der Waals surface area contributed by atoms with Gasteiger partial charge in [-0.25, -0.2) is 4.79 Å². The molecular weight excluding hydrogens is 234 g/mol. The minimum absolute atomic E-state index is 0.0215. The number of ether oxygens (including phenoxy) is 2. The molecule has 1 amide bonds. The van der Waals surface area contributed by atoms with Crippen molar-refractivity contribution in [2.24, 2.45) is 11.8 Å². The standard InChI is InChI=1S/C13H25NO4/c1-10-5-14(12(16)18-13(2,3)4)6-11(7-15)9-17-8-10/h10-11,15H,5-9H2,1-4H3. The van der Waals surface area contributed by atoms with Crippen LogP contribution in [0.15, 0.2) is 0 Å². The molecule has 1 aliphatic heterocycles. The first-order chi connectivity index (χ1) is 8.31. The van der Waals surface area contributed by atoms with E-state index in [2.05, 4.69) is 0 Å². The predicted octanol–water partition coefficient (Wildman–Crippen LogP) is 1.50. The van der Waals surface area contributed by atoms with Crippen LogP contribution in [0.2, 0.25) is 0 Å². The van der Waals surface area contributed by atoms with Crippen LogP contribution in [-0.4, -0.2) is 54.6 Å². The van der Waals surface area contributed by atoms with Gasteiger partial charge in [0, 0.05) is 25.6 Å². The van der Waals surface area contributed by atoms with Crippen LogP contribution < -0.4 is 0 Å². The van der Waals surface area contributed by atoms with Gasteiger partial charge in [0.25, 0.3) is 0 Å². The Hall–Kier alpha value is -0.810. The smallest absolute Gasteiger partial charge is 0.410 e. The van der Waals surface area contributed by atoms with E-state index in [-0.39, 0.29) is 24.5 Å². The van der Waals surface area contributed by atoms with E-state index in [4.69, 9.17) is 9.47 Å². The van der Waals surface area contributed by atoms with Crippen molar-refractivity contribution in [2.45, 2.75) is 33.3 Å². The predicted molar refractivity (Wildman–Crippen MR) is 68.4 cm³/mol. The molecule has 1 saturated heterocycles. The molecule has 1 rings (SSSR count). The molecule has 18 heavy (non-hydrogen) atoms. The van der Waals surface area contributed by atoms with Crippen LogP contribution in [0.3, 0.4) is 0 Å². The van der Waals surface area contributed by atoms with Crippen molar-refractivity contribution in [3.8, 4) is 0 Å². The Kier molecular flexibility index (Phi) is 5.41. The Morgan fingerprint density at radius 1 is 1.39 bits per heavy atom. The number of rotatable bonds is 1. The van der Waals surface area contributed by atoms with E-state index in [0.29, 0.717) is 26.3 Å².